The summed E-state index contributed by atoms with van der Waals surface area (Å²) in [5.41, 5.74) is 5.59. The summed E-state index contributed by atoms with van der Waals surface area (Å²) in [6.45, 7) is 0.899. The van der Waals surface area contributed by atoms with Crippen LogP contribution in [0.25, 0.3) is 0 Å². The second-order valence-electron chi connectivity index (χ2n) is 4.74. The molecular formula is C13H15BrF2N2S. The van der Waals surface area contributed by atoms with Crippen LogP contribution in [0.2, 0.25) is 0 Å². The average Bonchev–Trinajstić information content (AvgIpc) is 3.17. The first kappa shape index (κ1) is 14.8. The number of hydrogen-bond donors (Lipinski definition) is 1. The number of rotatable bonds is 6. The molecule has 0 aromatic heterocycles. The first-order chi connectivity index (χ1) is 8.99. The molecule has 1 saturated carbocycles. The zero-order valence-electron chi connectivity index (χ0n) is 10.3. The van der Waals surface area contributed by atoms with Crippen molar-refractivity contribution >= 4 is 33.1 Å². The number of halogens is 3. The molecule has 0 radical (unpaired) electrons. The lowest BCUT2D eigenvalue weighted by Gasteiger charge is -2.22. The van der Waals surface area contributed by atoms with Gasteiger partial charge < -0.3 is 5.73 Å². The third-order valence-electron chi connectivity index (χ3n) is 3.21. The first-order valence-corrected chi connectivity index (χ1v) is 7.34. The van der Waals surface area contributed by atoms with Gasteiger partial charge in [-0.3, -0.25) is 4.90 Å². The fourth-order valence-corrected chi connectivity index (χ4v) is 2.46. The second-order valence-corrected chi connectivity index (χ2v) is 6.12. The minimum absolute atomic E-state index is 0.101. The van der Waals surface area contributed by atoms with Crippen molar-refractivity contribution in [1.29, 1.82) is 0 Å². The average molecular weight is 349 g/mol. The van der Waals surface area contributed by atoms with Crippen LogP contribution >= 0.6 is 28.1 Å². The molecule has 0 bridgehead atoms. The number of hydrogen-bond acceptors (Lipinski definition) is 2. The lowest BCUT2D eigenvalue weighted by Crippen LogP contribution is -2.30. The third kappa shape index (κ3) is 3.94. The van der Waals surface area contributed by atoms with Crippen LogP contribution in [0.1, 0.15) is 24.8 Å². The zero-order valence-corrected chi connectivity index (χ0v) is 12.7. The predicted molar refractivity (Wildman–Crippen MR) is 78.9 cm³/mol. The second kappa shape index (κ2) is 6.24. The van der Waals surface area contributed by atoms with E-state index < -0.39 is 11.6 Å². The maximum Gasteiger partial charge on any atom is 0.144 e. The van der Waals surface area contributed by atoms with Gasteiger partial charge >= 0.3 is 0 Å². The number of thiocarbonyl (C=S) groups is 1. The lowest BCUT2D eigenvalue weighted by molar-refractivity contribution is 0.254. The summed E-state index contributed by atoms with van der Waals surface area (Å²) in [6.07, 6.45) is 2.70. The quantitative estimate of drug-likeness (QED) is 0.631. The van der Waals surface area contributed by atoms with Crippen molar-refractivity contribution < 1.29 is 8.78 Å². The maximum absolute atomic E-state index is 13.9. The van der Waals surface area contributed by atoms with Gasteiger partial charge in [0.1, 0.15) is 11.6 Å². The molecule has 1 fully saturated rings. The molecular weight excluding hydrogens is 334 g/mol. The summed E-state index contributed by atoms with van der Waals surface area (Å²) >= 11 is 7.94. The van der Waals surface area contributed by atoms with E-state index in [1.807, 2.05) is 4.90 Å². The molecule has 0 atom stereocenters. The number of nitrogens with zero attached hydrogens (tertiary/aromatic N) is 1. The van der Waals surface area contributed by atoms with Gasteiger partial charge in [-0.25, -0.2) is 8.78 Å². The van der Waals surface area contributed by atoms with Crippen LogP contribution < -0.4 is 5.73 Å². The Morgan fingerprint density at radius 2 is 2.11 bits per heavy atom. The Kier molecular flexibility index (Phi) is 4.86. The van der Waals surface area contributed by atoms with Gasteiger partial charge in [-0.1, -0.05) is 12.2 Å². The molecule has 19 heavy (non-hydrogen) atoms. The van der Waals surface area contributed by atoms with Crippen LogP contribution in [-0.2, 0) is 6.54 Å². The summed E-state index contributed by atoms with van der Waals surface area (Å²) in [7, 11) is 0. The molecule has 0 spiro atoms. The highest BCUT2D eigenvalue weighted by Gasteiger charge is 2.30. The molecule has 1 aromatic carbocycles. The van der Waals surface area contributed by atoms with E-state index in [1.165, 1.54) is 12.1 Å². The zero-order chi connectivity index (χ0) is 14.0. The van der Waals surface area contributed by atoms with Crippen molar-refractivity contribution in [3.8, 4) is 0 Å². The first-order valence-electron chi connectivity index (χ1n) is 6.13. The van der Waals surface area contributed by atoms with Crippen molar-refractivity contribution in [1.82, 2.24) is 4.90 Å². The van der Waals surface area contributed by atoms with Gasteiger partial charge in [-0.15, -0.1) is 0 Å². The highest BCUT2D eigenvalue weighted by atomic mass is 79.9. The SMILES string of the molecule is NC(=S)CCN(Cc1c(F)ccc(Br)c1F)C1CC1. The van der Waals surface area contributed by atoms with Crippen LogP contribution in [0, 0.1) is 11.6 Å². The molecule has 6 heteroatoms. The van der Waals surface area contributed by atoms with E-state index >= 15 is 0 Å². The third-order valence-corrected chi connectivity index (χ3v) is 4.03. The van der Waals surface area contributed by atoms with E-state index in [0.717, 1.165) is 12.8 Å². The molecule has 0 aliphatic heterocycles. The summed E-state index contributed by atoms with van der Waals surface area (Å²) in [5.74, 6) is -1.04. The smallest absolute Gasteiger partial charge is 0.144 e. The molecule has 0 saturated heterocycles. The van der Waals surface area contributed by atoms with E-state index in [0.29, 0.717) is 24.0 Å². The Morgan fingerprint density at radius 1 is 1.42 bits per heavy atom. The summed E-state index contributed by atoms with van der Waals surface area (Å²) in [6, 6.07) is 3.05. The minimum atomic E-state index is -0.527. The van der Waals surface area contributed by atoms with Crippen molar-refractivity contribution in [2.75, 3.05) is 6.54 Å². The van der Waals surface area contributed by atoms with E-state index in [2.05, 4.69) is 15.9 Å². The van der Waals surface area contributed by atoms with Crippen molar-refractivity contribution in [2.45, 2.75) is 31.8 Å². The van der Waals surface area contributed by atoms with Crippen LogP contribution in [0.15, 0.2) is 16.6 Å². The van der Waals surface area contributed by atoms with Gasteiger partial charge in [0.15, 0.2) is 0 Å². The van der Waals surface area contributed by atoms with Gasteiger partial charge in [0.25, 0.3) is 0 Å². The number of nitrogens with two attached hydrogens (primary N) is 1. The molecule has 0 heterocycles. The Hall–Kier alpha value is -0.590. The van der Waals surface area contributed by atoms with E-state index in [1.54, 1.807) is 0 Å². The molecule has 2 rings (SSSR count). The normalized spacial score (nSPS) is 14.9. The fourth-order valence-electron chi connectivity index (χ4n) is 2.00. The highest BCUT2D eigenvalue weighted by Crippen LogP contribution is 2.30. The predicted octanol–water partition coefficient (Wildman–Crippen LogP) is 3.37. The molecule has 1 aromatic rings. The summed E-state index contributed by atoms with van der Waals surface area (Å²) < 4.78 is 28.0. The molecule has 104 valence electrons. The summed E-state index contributed by atoms with van der Waals surface area (Å²) in [5, 5.41) is 0. The van der Waals surface area contributed by atoms with Gasteiger partial charge in [-0.05, 0) is 40.9 Å². The monoisotopic (exact) mass is 348 g/mol. The minimum Gasteiger partial charge on any atom is -0.393 e. The van der Waals surface area contributed by atoms with Crippen LogP contribution in [-0.4, -0.2) is 22.5 Å². The lowest BCUT2D eigenvalue weighted by atomic mass is 10.1. The molecule has 1 aliphatic rings. The Balaban J connectivity index is 2.12. The van der Waals surface area contributed by atoms with Gasteiger partial charge in [0, 0.05) is 31.1 Å². The molecule has 2 N–H and O–H groups in total. The van der Waals surface area contributed by atoms with Crippen molar-refractivity contribution in [2.24, 2.45) is 5.73 Å². The van der Waals surface area contributed by atoms with Gasteiger partial charge in [0.05, 0.1) is 9.46 Å². The Bertz CT molecular complexity index is 492. The molecule has 0 amide bonds. The molecule has 1 aliphatic carbocycles. The topological polar surface area (TPSA) is 29.3 Å². The van der Waals surface area contributed by atoms with Gasteiger partial charge in [0.2, 0.25) is 0 Å². The fraction of sp³-hybridized carbons (Fsp3) is 0.462. The Morgan fingerprint density at radius 3 is 2.68 bits per heavy atom. The van der Waals surface area contributed by atoms with Crippen LogP contribution in [0.4, 0.5) is 8.78 Å². The summed E-state index contributed by atoms with van der Waals surface area (Å²) in [4.78, 5) is 2.48. The number of benzene rings is 1. The Labute approximate surface area is 125 Å². The van der Waals surface area contributed by atoms with Crippen LogP contribution in [0.3, 0.4) is 0 Å². The van der Waals surface area contributed by atoms with Crippen molar-refractivity contribution in [3.05, 3.63) is 33.8 Å². The van der Waals surface area contributed by atoms with E-state index in [9.17, 15) is 8.78 Å². The van der Waals surface area contributed by atoms with Crippen LogP contribution in [0.5, 0.6) is 0 Å². The van der Waals surface area contributed by atoms with Gasteiger partial charge in [-0.2, -0.15) is 0 Å². The maximum atomic E-state index is 13.9. The highest BCUT2D eigenvalue weighted by molar-refractivity contribution is 9.10. The van der Waals surface area contributed by atoms with Crippen molar-refractivity contribution in [3.63, 3.8) is 0 Å². The largest absolute Gasteiger partial charge is 0.393 e. The molecule has 2 nitrogen and oxygen atoms in total. The standard InChI is InChI=1S/C13H15BrF2N2S/c14-10-3-4-11(15)9(13(10)16)7-18(8-1-2-8)6-5-12(17)19/h3-4,8H,1-2,5-7H2,(H2,17,19). The van der Waals surface area contributed by atoms with E-state index in [-0.39, 0.29) is 16.6 Å². The van der Waals surface area contributed by atoms with E-state index in [4.69, 9.17) is 18.0 Å². The molecule has 0 unspecified atom stereocenters.